The van der Waals surface area contributed by atoms with Crippen LogP contribution in [0.25, 0.3) is 0 Å². The van der Waals surface area contributed by atoms with E-state index in [1.54, 1.807) is 24.3 Å². The molecule has 2 N–H and O–H groups in total. The summed E-state index contributed by atoms with van der Waals surface area (Å²) in [5.41, 5.74) is 0.929. The predicted molar refractivity (Wildman–Crippen MR) is 78.7 cm³/mol. The molecule has 0 saturated heterocycles. The maximum Gasteiger partial charge on any atom is 0.303 e. The number of benzene rings is 1. The second kappa shape index (κ2) is 7.87. The Kier molecular flexibility index (Phi) is 5.59. The van der Waals surface area contributed by atoms with Gasteiger partial charge >= 0.3 is 5.97 Å². The van der Waals surface area contributed by atoms with Gasteiger partial charge in [-0.25, -0.2) is 0 Å². The SMILES string of the molecule is O=C(O)CCCOc1ccc(CNC(=O)c2ccco2)cc1. The Labute approximate surface area is 127 Å². The molecule has 6 nitrogen and oxygen atoms in total. The number of amides is 1. The van der Waals surface area contributed by atoms with E-state index >= 15 is 0 Å². The summed E-state index contributed by atoms with van der Waals surface area (Å²) in [6.45, 7) is 0.750. The van der Waals surface area contributed by atoms with Gasteiger partial charge in [-0.2, -0.15) is 0 Å². The Morgan fingerprint density at radius 3 is 2.59 bits per heavy atom. The number of nitrogens with one attached hydrogen (secondary N) is 1. The van der Waals surface area contributed by atoms with Crippen LogP contribution in [0.1, 0.15) is 29.0 Å². The van der Waals surface area contributed by atoms with E-state index in [1.807, 2.05) is 12.1 Å². The molecule has 1 heterocycles. The highest BCUT2D eigenvalue weighted by molar-refractivity contribution is 5.91. The number of aliphatic carboxylic acids is 1. The summed E-state index contributed by atoms with van der Waals surface area (Å²) in [4.78, 5) is 22.1. The van der Waals surface area contributed by atoms with Gasteiger partial charge in [-0.1, -0.05) is 12.1 Å². The van der Waals surface area contributed by atoms with Crippen LogP contribution in [0.5, 0.6) is 5.75 Å². The lowest BCUT2D eigenvalue weighted by molar-refractivity contribution is -0.137. The minimum atomic E-state index is -0.828. The first-order valence-electron chi connectivity index (χ1n) is 6.90. The minimum Gasteiger partial charge on any atom is -0.494 e. The van der Waals surface area contributed by atoms with Gasteiger partial charge in [0.25, 0.3) is 5.91 Å². The van der Waals surface area contributed by atoms with Crippen LogP contribution in [0.2, 0.25) is 0 Å². The summed E-state index contributed by atoms with van der Waals surface area (Å²) in [5.74, 6) is -0.143. The van der Waals surface area contributed by atoms with Crippen LogP contribution in [0, 0.1) is 0 Å². The first-order valence-corrected chi connectivity index (χ1v) is 6.90. The third kappa shape index (κ3) is 4.97. The highest BCUT2D eigenvalue weighted by Gasteiger charge is 2.07. The number of furan rings is 1. The van der Waals surface area contributed by atoms with Crippen LogP contribution in [0.15, 0.2) is 47.1 Å². The lowest BCUT2D eigenvalue weighted by Gasteiger charge is -2.07. The van der Waals surface area contributed by atoms with Crippen LogP contribution in [0.4, 0.5) is 0 Å². The molecule has 0 atom stereocenters. The molecule has 0 aliphatic rings. The summed E-state index contributed by atoms with van der Waals surface area (Å²) >= 11 is 0. The highest BCUT2D eigenvalue weighted by Crippen LogP contribution is 2.13. The summed E-state index contributed by atoms with van der Waals surface area (Å²) < 4.78 is 10.4. The molecule has 0 aliphatic heterocycles. The van der Waals surface area contributed by atoms with Crippen LogP contribution in [0.3, 0.4) is 0 Å². The summed E-state index contributed by atoms with van der Waals surface area (Å²) in [6.07, 6.45) is 2.01. The Bertz CT molecular complexity index is 604. The van der Waals surface area contributed by atoms with Crippen molar-refractivity contribution in [3.05, 3.63) is 54.0 Å². The van der Waals surface area contributed by atoms with Crippen LogP contribution >= 0.6 is 0 Å². The molecule has 2 aromatic rings. The average molecular weight is 303 g/mol. The second-order valence-corrected chi connectivity index (χ2v) is 4.65. The van der Waals surface area contributed by atoms with Crippen molar-refractivity contribution in [2.75, 3.05) is 6.61 Å². The van der Waals surface area contributed by atoms with Crippen molar-refractivity contribution in [3.63, 3.8) is 0 Å². The van der Waals surface area contributed by atoms with Gasteiger partial charge in [-0.3, -0.25) is 9.59 Å². The Morgan fingerprint density at radius 2 is 1.95 bits per heavy atom. The van der Waals surface area contributed by atoms with Crippen molar-refractivity contribution in [2.45, 2.75) is 19.4 Å². The fraction of sp³-hybridized carbons (Fsp3) is 0.250. The number of carbonyl (C=O) groups excluding carboxylic acids is 1. The molecule has 1 amide bonds. The molecule has 1 aromatic heterocycles. The number of carboxylic acids is 1. The number of hydrogen-bond donors (Lipinski definition) is 2. The molecule has 0 fully saturated rings. The molecule has 0 bridgehead atoms. The van der Waals surface area contributed by atoms with Gasteiger partial charge in [0.05, 0.1) is 12.9 Å². The van der Waals surface area contributed by atoms with E-state index in [-0.39, 0.29) is 18.1 Å². The minimum absolute atomic E-state index is 0.0941. The normalized spacial score (nSPS) is 10.2. The van der Waals surface area contributed by atoms with E-state index < -0.39 is 5.97 Å². The number of carbonyl (C=O) groups is 2. The van der Waals surface area contributed by atoms with E-state index in [4.69, 9.17) is 14.3 Å². The fourth-order valence-electron chi connectivity index (χ4n) is 1.79. The van der Waals surface area contributed by atoms with Gasteiger partial charge in [0.15, 0.2) is 5.76 Å². The number of ether oxygens (including phenoxy) is 1. The average Bonchev–Trinajstić information content (AvgIpc) is 3.04. The van der Waals surface area contributed by atoms with Crippen LogP contribution < -0.4 is 10.1 Å². The van der Waals surface area contributed by atoms with Gasteiger partial charge in [0.1, 0.15) is 5.75 Å². The fourth-order valence-corrected chi connectivity index (χ4v) is 1.79. The van der Waals surface area contributed by atoms with Gasteiger partial charge in [-0.05, 0) is 36.2 Å². The van der Waals surface area contributed by atoms with E-state index in [0.717, 1.165) is 5.56 Å². The largest absolute Gasteiger partial charge is 0.494 e. The third-order valence-electron chi connectivity index (χ3n) is 2.93. The van der Waals surface area contributed by atoms with Gasteiger partial charge < -0.3 is 19.6 Å². The summed E-state index contributed by atoms with van der Waals surface area (Å²) in [6, 6.07) is 10.5. The number of carboxylic acid groups (broad SMARTS) is 1. The molecule has 116 valence electrons. The molecule has 22 heavy (non-hydrogen) atoms. The van der Waals surface area contributed by atoms with E-state index in [1.165, 1.54) is 6.26 Å². The van der Waals surface area contributed by atoms with Crippen molar-refractivity contribution < 1.29 is 23.8 Å². The molecular formula is C16H17NO5. The number of hydrogen-bond acceptors (Lipinski definition) is 4. The standard InChI is InChI=1S/C16H17NO5/c18-15(19)4-2-9-21-13-7-5-12(6-8-13)11-17-16(20)14-3-1-10-22-14/h1,3,5-8,10H,2,4,9,11H2,(H,17,20)(H,18,19). The van der Waals surface area contributed by atoms with Crippen LogP contribution in [-0.4, -0.2) is 23.6 Å². The predicted octanol–water partition coefficient (Wildman–Crippen LogP) is 2.45. The molecule has 0 unspecified atom stereocenters. The molecule has 6 heteroatoms. The van der Waals surface area contributed by atoms with E-state index in [2.05, 4.69) is 5.32 Å². The first-order chi connectivity index (χ1) is 10.6. The zero-order valence-corrected chi connectivity index (χ0v) is 12.0. The Balaban J connectivity index is 1.74. The summed E-state index contributed by atoms with van der Waals surface area (Å²) in [5, 5.41) is 11.3. The first kappa shape index (κ1) is 15.6. The molecule has 0 saturated carbocycles. The van der Waals surface area contributed by atoms with Crippen LogP contribution in [-0.2, 0) is 11.3 Å². The lowest BCUT2D eigenvalue weighted by atomic mass is 10.2. The zero-order chi connectivity index (χ0) is 15.8. The summed E-state index contributed by atoms with van der Waals surface area (Å²) in [7, 11) is 0. The molecule has 0 aliphatic carbocycles. The molecule has 1 aromatic carbocycles. The van der Waals surface area contributed by atoms with Crippen molar-refractivity contribution in [3.8, 4) is 5.75 Å². The van der Waals surface area contributed by atoms with Crippen molar-refractivity contribution in [2.24, 2.45) is 0 Å². The van der Waals surface area contributed by atoms with E-state index in [0.29, 0.717) is 25.3 Å². The second-order valence-electron chi connectivity index (χ2n) is 4.65. The quantitative estimate of drug-likeness (QED) is 0.731. The molecule has 0 spiro atoms. The molecule has 0 radical (unpaired) electrons. The van der Waals surface area contributed by atoms with Crippen molar-refractivity contribution in [1.29, 1.82) is 0 Å². The zero-order valence-electron chi connectivity index (χ0n) is 12.0. The Hall–Kier alpha value is -2.76. The maximum absolute atomic E-state index is 11.7. The van der Waals surface area contributed by atoms with Gasteiger partial charge in [0, 0.05) is 13.0 Å². The van der Waals surface area contributed by atoms with E-state index in [9.17, 15) is 9.59 Å². The number of rotatable bonds is 8. The topological polar surface area (TPSA) is 88.8 Å². The highest BCUT2D eigenvalue weighted by atomic mass is 16.5. The van der Waals surface area contributed by atoms with Crippen molar-refractivity contribution >= 4 is 11.9 Å². The van der Waals surface area contributed by atoms with Gasteiger partial charge in [-0.15, -0.1) is 0 Å². The maximum atomic E-state index is 11.7. The lowest BCUT2D eigenvalue weighted by Crippen LogP contribution is -2.22. The molecule has 2 rings (SSSR count). The van der Waals surface area contributed by atoms with Gasteiger partial charge in [0.2, 0.25) is 0 Å². The third-order valence-corrected chi connectivity index (χ3v) is 2.93. The van der Waals surface area contributed by atoms with Crippen molar-refractivity contribution in [1.82, 2.24) is 5.32 Å². The molecular weight excluding hydrogens is 286 g/mol. The smallest absolute Gasteiger partial charge is 0.303 e. The monoisotopic (exact) mass is 303 g/mol. The Morgan fingerprint density at radius 1 is 1.18 bits per heavy atom.